The molecule has 0 radical (unpaired) electrons. The van der Waals surface area contributed by atoms with Crippen LogP contribution in [0.4, 0.5) is 17.3 Å². The molecule has 8 heteroatoms. The van der Waals surface area contributed by atoms with Gasteiger partial charge in [-0.25, -0.2) is 15.0 Å². The summed E-state index contributed by atoms with van der Waals surface area (Å²) in [4.78, 5) is 40.1. The molecule has 1 unspecified atom stereocenters. The van der Waals surface area contributed by atoms with E-state index in [-0.39, 0.29) is 11.8 Å². The summed E-state index contributed by atoms with van der Waals surface area (Å²) in [6.07, 6.45) is 6.49. The van der Waals surface area contributed by atoms with E-state index in [1.807, 2.05) is 23.1 Å². The number of likely N-dealkylation sites (tertiary alicyclic amines) is 1. The first-order valence-corrected chi connectivity index (χ1v) is 10.9. The monoisotopic (exact) mass is 426 g/mol. The number of aromatic nitrogens is 3. The van der Waals surface area contributed by atoms with Gasteiger partial charge >= 0.3 is 0 Å². The number of hydrogen-bond donors (Lipinski definition) is 2. The minimum absolute atomic E-state index is 0.0118. The summed E-state index contributed by atoms with van der Waals surface area (Å²) in [5, 5.41) is 6.23. The number of amides is 2. The van der Waals surface area contributed by atoms with Crippen molar-refractivity contribution in [2.45, 2.75) is 31.1 Å². The van der Waals surface area contributed by atoms with Crippen LogP contribution in [-0.4, -0.2) is 44.8 Å². The van der Waals surface area contributed by atoms with Crippen molar-refractivity contribution in [1.29, 1.82) is 0 Å². The predicted octanol–water partition coefficient (Wildman–Crippen LogP) is 2.84. The number of pyridine rings is 1. The Morgan fingerprint density at radius 3 is 2.75 bits per heavy atom. The molecule has 3 aliphatic rings. The van der Waals surface area contributed by atoms with Gasteiger partial charge in [0.05, 0.1) is 5.41 Å². The van der Waals surface area contributed by atoms with Crippen molar-refractivity contribution in [2.24, 2.45) is 0 Å². The molecule has 6 rings (SSSR count). The van der Waals surface area contributed by atoms with Crippen LogP contribution in [-0.2, 0) is 23.1 Å². The highest BCUT2D eigenvalue weighted by Crippen LogP contribution is 2.47. The molecule has 2 aromatic heterocycles. The van der Waals surface area contributed by atoms with Crippen LogP contribution in [0.25, 0.3) is 0 Å². The van der Waals surface area contributed by atoms with Crippen LogP contribution in [0.3, 0.4) is 0 Å². The summed E-state index contributed by atoms with van der Waals surface area (Å²) in [5.74, 6) is 1.20. The number of carbonyl (C=O) groups is 2. The van der Waals surface area contributed by atoms with Crippen LogP contribution >= 0.6 is 0 Å². The average Bonchev–Trinajstić information content (AvgIpc) is 3.53. The zero-order valence-corrected chi connectivity index (χ0v) is 17.5. The molecule has 8 nitrogen and oxygen atoms in total. The molecule has 0 saturated carbocycles. The van der Waals surface area contributed by atoms with Gasteiger partial charge in [0.1, 0.15) is 23.7 Å². The maximum Gasteiger partial charge on any atom is 0.272 e. The minimum Gasteiger partial charge on any atom is -0.340 e. The van der Waals surface area contributed by atoms with Crippen molar-refractivity contribution in [3.05, 3.63) is 71.3 Å². The molecule has 1 aliphatic carbocycles. The third-order valence-electron chi connectivity index (χ3n) is 6.73. The molecule has 1 aromatic carbocycles. The highest BCUT2D eigenvalue weighted by atomic mass is 16.2. The van der Waals surface area contributed by atoms with E-state index in [2.05, 4.69) is 37.7 Å². The Hall–Kier alpha value is -3.81. The van der Waals surface area contributed by atoms with Crippen LogP contribution in [0, 0.1) is 0 Å². The van der Waals surface area contributed by atoms with E-state index < -0.39 is 5.41 Å². The molecule has 2 amide bonds. The zero-order valence-electron chi connectivity index (χ0n) is 17.5. The van der Waals surface area contributed by atoms with Gasteiger partial charge in [0.25, 0.3) is 5.91 Å². The summed E-state index contributed by atoms with van der Waals surface area (Å²) in [6, 6.07) is 11.7. The van der Waals surface area contributed by atoms with Gasteiger partial charge in [-0.05, 0) is 55.0 Å². The topological polar surface area (TPSA) is 100 Å². The number of benzene rings is 1. The largest absolute Gasteiger partial charge is 0.340 e. The maximum atomic E-state index is 12.9. The first-order chi connectivity index (χ1) is 15.6. The number of nitrogens with one attached hydrogen (secondary N) is 2. The van der Waals surface area contributed by atoms with Gasteiger partial charge in [-0.15, -0.1) is 0 Å². The lowest BCUT2D eigenvalue weighted by molar-refractivity contribution is -0.120. The first-order valence-electron chi connectivity index (χ1n) is 10.9. The number of rotatable bonds is 3. The highest BCUT2D eigenvalue weighted by Gasteiger charge is 2.51. The van der Waals surface area contributed by atoms with Crippen molar-refractivity contribution in [3.8, 4) is 0 Å². The molecular formula is C24H22N6O2. The summed E-state index contributed by atoms with van der Waals surface area (Å²) in [6.45, 7) is 1.56. The highest BCUT2D eigenvalue weighted by molar-refractivity contribution is 6.06. The SMILES string of the molecule is O=C(c1cc(Nc2ccc3c(c2)CC2(C3)C(=O)Nc3ncccc32)ncn1)N1CCCC1. The van der Waals surface area contributed by atoms with Crippen LogP contribution in [0.5, 0.6) is 0 Å². The third kappa shape index (κ3) is 2.94. The molecule has 0 bridgehead atoms. The molecule has 1 fully saturated rings. The van der Waals surface area contributed by atoms with Gasteiger partial charge in [-0.2, -0.15) is 0 Å². The molecule has 160 valence electrons. The molecule has 2 N–H and O–H groups in total. The van der Waals surface area contributed by atoms with Gasteiger partial charge in [-0.3, -0.25) is 9.59 Å². The molecule has 1 saturated heterocycles. The fourth-order valence-corrected chi connectivity index (χ4v) is 5.12. The molecule has 3 aromatic rings. The van der Waals surface area contributed by atoms with Crippen molar-refractivity contribution in [1.82, 2.24) is 19.9 Å². The molecule has 1 atom stereocenters. The summed E-state index contributed by atoms with van der Waals surface area (Å²) in [7, 11) is 0. The Kier molecular flexibility index (Phi) is 4.21. The fourth-order valence-electron chi connectivity index (χ4n) is 5.12. The van der Waals surface area contributed by atoms with Gasteiger partial charge in [0, 0.05) is 36.6 Å². The Balaban J connectivity index is 1.25. The smallest absolute Gasteiger partial charge is 0.272 e. The van der Waals surface area contributed by atoms with Crippen LogP contribution in [0.15, 0.2) is 48.9 Å². The van der Waals surface area contributed by atoms with Crippen LogP contribution in [0.1, 0.15) is 40.0 Å². The van der Waals surface area contributed by atoms with Crippen molar-refractivity contribution >= 4 is 29.1 Å². The Morgan fingerprint density at radius 2 is 1.88 bits per heavy atom. The number of nitrogens with zero attached hydrogens (tertiary/aromatic N) is 4. The van der Waals surface area contributed by atoms with Gasteiger partial charge in [0.2, 0.25) is 5.91 Å². The lowest BCUT2D eigenvalue weighted by atomic mass is 9.79. The Bertz CT molecular complexity index is 1250. The number of hydrogen-bond acceptors (Lipinski definition) is 6. The van der Waals surface area contributed by atoms with E-state index in [0.717, 1.165) is 48.3 Å². The summed E-state index contributed by atoms with van der Waals surface area (Å²) < 4.78 is 0. The predicted molar refractivity (Wildman–Crippen MR) is 119 cm³/mol. The number of carbonyl (C=O) groups excluding carboxylic acids is 2. The van der Waals surface area contributed by atoms with E-state index in [4.69, 9.17) is 0 Å². The van der Waals surface area contributed by atoms with Gasteiger partial charge in [0.15, 0.2) is 0 Å². The van der Waals surface area contributed by atoms with E-state index in [9.17, 15) is 9.59 Å². The Labute approximate surface area is 185 Å². The van der Waals surface area contributed by atoms with Gasteiger partial charge < -0.3 is 15.5 Å². The maximum absolute atomic E-state index is 12.9. The number of fused-ring (bicyclic) bond motifs is 3. The lowest BCUT2D eigenvalue weighted by Gasteiger charge is -2.20. The van der Waals surface area contributed by atoms with E-state index in [1.54, 1.807) is 12.3 Å². The fraction of sp³-hybridized carbons (Fsp3) is 0.292. The normalized spacial score (nSPS) is 20.9. The molecule has 1 spiro atoms. The Morgan fingerprint density at radius 1 is 1.03 bits per heavy atom. The quantitative estimate of drug-likeness (QED) is 0.668. The third-order valence-corrected chi connectivity index (χ3v) is 6.73. The lowest BCUT2D eigenvalue weighted by Crippen LogP contribution is -2.35. The number of anilines is 3. The van der Waals surface area contributed by atoms with E-state index in [1.165, 1.54) is 6.33 Å². The molecule has 4 heterocycles. The second kappa shape index (κ2) is 7.12. The van der Waals surface area contributed by atoms with Crippen molar-refractivity contribution in [2.75, 3.05) is 23.7 Å². The second-order valence-electron chi connectivity index (χ2n) is 8.69. The first kappa shape index (κ1) is 18.9. The minimum atomic E-state index is -0.589. The van der Waals surface area contributed by atoms with Gasteiger partial charge in [-0.1, -0.05) is 12.1 Å². The van der Waals surface area contributed by atoms with Crippen LogP contribution < -0.4 is 10.6 Å². The second-order valence-corrected chi connectivity index (χ2v) is 8.69. The summed E-state index contributed by atoms with van der Waals surface area (Å²) in [5.41, 5.74) is 3.94. The van der Waals surface area contributed by atoms with E-state index >= 15 is 0 Å². The van der Waals surface area contributed by atoms with Crippen LogP contribution in [0.2, 0.25) is 0 Å². The van der Waals surface area contributed by atoms with E-state index in [0.29, 0.717) is 30.2 Å². The molecular weight excluding hydrogens is 404 g/mol. The van der Waals surface area contributed by atoms with Crippen molar-refractivity contribution < 1.29 is 9.59 Å². The van der Waals surface area contributed by atoms with Crippen molar-refractivity contribution in [3.63, 3.8) is 0 Å². The summed E-state index contributed by atoms with van der Waals surface area (Å²) >= 11 is 0. The standard InChI is InChI=1S/C24H22N6O2/c31-22(30-8-1-2-9-30)19-11-20(27-14-26-19)28-17-6-5-15-12-24(13-16(15)10-17)18-4-3-7-25-21(18)29-23(24)32/h3-7,10-11,14H,1-2,8-9,12-13H2,(H,25,29,32)(H,26,27,28). The zero-order chi connectivity index (χ0) is 21.7. The molecule has 32 heavy (non-hydrogen) atoms. The average molecular weight is 426 g/mol. The molecule has 2 aliphatic heterocycles.